The van der Waals surface area contributed by atoms with Gasteiger partial charge in [-0.2, -0.15) is 0 Å². The van der Waals surface area contributed by atoms with Gasteiger partial charge in [-0.25, -0.2) is 8.78 Å². The van der Waals surface area contributed by atoms with Gasteiger partial charge < -0.3 is 5.32 Å². The number of benzene rings is 1. The number of nitrogens with one attached hydrogen (secondary N) is 1. The highest BCUT2D eigenvalue weighted by Gasteiger charge is 2.11. The van der Waals surface area contributed by atoms with Crippen LogP contribution >= 0.6 is 0 Å². The number of halogens is 2. The van der Waals surface area contributed by atoms with Gasteiger partial charge in [0, 0.05) is 6.04 Å². The molecule has 0 aromatic heterocycles. The van der Waals surface area contributed by atoms with E-state index in [-0.39, 0.29) is 17.7 Å². The van der Waals surface area contributed by atoms with Crippen molar-refractivity contribution in [2.45, 2.75) is 45.6 Å². The Morgan fingerprint density at radius 3 is 2.59 bits per heavy atom. The molecule has 0 aliphatic carbocycles. The molecule has 1 aromatic carbocycles. The van der Waals surface area contributed by atoms with Crippen LogP contribution in [-0.2, 0) is 6.42 Å². The SMILES string of the molecule is CCCNC(CCC)Cc1cc(F)ccc1F. The van der Waals surface area contributed by atoms with Crippen LogP contribution in [0.25, 0.3) is 0 Å². The Morgan fingerprint density at radius 1 is 1.18 bits per heavy atom. The van der Waals surface area contributed by atoms with E-state index in [1.807, 2.05) is 0 Å². The molecular weight excluding hydrogens is 220 g/mol. The molecule has 1 rings (SSSR count). The van der Waals surface area contributed by atoms with Crippen molar-refractivity contribution in [2.75, 3.05) is 6.54 Å². The van der Waals surface area contributed by atoms with Crippen molar-refractivity contribution in [2.24, 2.45) is 0 Å². The third-order valence-corrected chi connectivity index (χ3v) is 2.79. The summed E-state index contributed by atoms with van der Waals surface area (Å²) in [6.45, 7) is 5.11. The summed E-state index contributed by atoms with van der Waals surface area (Å²) in [7, 11) is 0. The molecule has 1 atom stereocenters. The van der Waals surface area contributed by atoms with E-state index in [9.17, 15) is 8.78 Å². The van der Waals surface area contributed by atoms with Crippen LogP contribution in [0.2, 0.25) is 0 Å². The van der Waals surface area contributed by atoms with Crippen molar-refractivity contribution < 1.29 is 8.78 Å². The average molecular weight is 241 g/mol. The van der Waals surface area contributed by atoms with Gasteiger partial charge in [-0.1, -0.05) is 20.3 Å². The van der Waals surface area contributed by atoms with Gasteiger partial charge >= 0.3 is 0 Å². The second kappa shape index (κ2) is 7.38. The van der Waals surface area contributed by atoms with Crippen LogP contribution in [0.5, 0.6) is 0 Å². The fourth-order valence-corrected chi connectivity index (χ4v) is 1.94. The van der Waals surface area contributed by atoms with Gasteiger partial charge in [-0.05, 0) is 49.6 Å². The second-order valence-corrected chi connectivity index (χ2v) is 4.38. The molecule has 0 fully saturated rings. The van der Waals surface area contributed by atoms with Crippen molar-refractivity contribution >= 4 is 0 Å². The zero-order chi connectivity index (χ0) is 12.7. The average Bonchev–Trinajstić information content (AvgIpc) is 2.31. The van der Waals surface area contributed by atoms with Crippen molar-refractivity contribution in [1.82, 2.24) is 5.32 Å². The minimum Gasteiger partial charge on any atom is -0.314 e. The van der Waals surface area contributed by atoms with Crippen LogP contribution in [0.15, 0.2) is 18.2 Å². The Morgan fingerprint density at radius 2 is 1.94 bits per heavy atom. The van der Waals surface area contributed by atoms with E-state index in [0.29, 0.717) is 12.0 Å². The molecular formula is C14H21F2N. The molecule has 0 heterocycles. The minimum atomic E-state index is -0.368. The van der Waals surface area contributed by atoms with Crippen LogP contribution in [-0.4, -0.2) is 12.6 Å². The zero-order valence-electron chi connectivity index (χ0n) is 10.6. The molecule has 0 saturated carbocycles. The summed E-state index contributed by atoms with van der Waals surface area (Å²) in [6.07, 6.45) is 3.62. The predicted molar refractivity (Wildman–Crippen MR) is 67.1 cm³/mol. The summed E-state index contributed by atoms with van der Waals surface area (Å²) in [5, 5.41) is 3.38. The molecule has 3 heteroatoms. The first-order chi connectivity index (χ1) is 8.17. The van der Waals surface area contributed by atoms with E-state index >= 15 is 0 Å². The summed E-state index contributed by atoms with van der Waals surface area (Å²) in [6, 6.07) is 3.89. The van der Waals surface area contributed by atoms with E-state index < -0.39 is 0 Å². The van der Waals surface area contributed by atoms with Gasteiger partial charge in [-0.3, -0.25) is 0 Å². The van der Waals surface area contributed by atoms with E-state index in [1.165, 1.54) is 12.1 Å². The highest BCUT2D eigenvalue weighted by Crippen LogP contribution is 2.14. The van der Waals surface area contributed by atoms with Crippen LogP contribution in [0.1, 0.15) is 38.7 Å². The molecule has 0 spiro atoms. The third kappa shape index (κ3) is 4.82. The lowest BCUT2D eigenvalue weighted by Crippen LogP contribution is -2.32. The maximum atomic E-state index is 13.5. The summed E-state index contributed by atoms with van der Waals surface area (Å²) in [5.74, 6) is -0.682. The molecule has 1 unspecified atom stereocenters. The van der Waals surface area contributed by atoms with Crippen molar-refractivity contribution in [3.63, 3.8) is 0 Å². The molecule has 0 radical (unpaired) electrons. The van der Waals surface area contributed by atoms with Crippen molar-refractivity contribution in [3.05, 3.63) is 35.4 Å². The van der Waals surface area contributed by atoms with Crippen LogP contribution in [0.4, 0.5) is 8.78 Å². The smallest absolute Gasteiger partial charge is 0.126 e. The minimum absolute atomic E-state index is 0.233. The Kier molecular flexibility index (Phi) is 6.12. The maximum Gasteiger partial charge on any atom is 0.126 e. The monoisotopic (exact) mass is 241 g/mol. The number of hydrogen-bond donors (Lipinski definition) is 1. The van der Waals surface area contributed by atoms with Crippen LogP contribution in [0, 0.1) is 11.6 Å². The van der Waals surface area contributed by atoms with Gasteiger partial charge in [0.25, 0.3) is 0 Å². The Hall–Kier alpha value is -0.960. The number of hydrogen-bond acceptors (Lipinski definition) is 1. The second-order valence-electron chi connectivity index (χ2n) is 4.38. The van der Waals surface area contributed by atoms with Gasteiger partial charge in [0.15, 0.2) is 0 Å². The maximum absolute atomic E-state index is 13.5. The molecule has 0 saturated heterocycles. The molecule has 96 valence electrons. The topological polar surface area (TPSA) is 12.0 Å². The van der Waals surface area contributed by atoms with E-state index in [0.717, 1.165) is 31.9 Å². The van der Waals surface area contributed by atoms with Gasteiger partial charge in [0.1, 0.15) is 11.6 Å². The first-order valence-corrected chi connectivity index (χ1v) is 6.34. The Balaban J connectivity index is 2.67. The highest BCUT2D eigenvalue weighted by atomic mass is 19.1. The summed E-state index contributed by atoms with van der Waals surface area (Å²) in [4.78, 5) is 0. The Bertz CT molecular complexity index is 339. The van der Waals surface area contributed by atoms with Crippen LogP contribution in [0.3, 0.4) is 0 Å². The van der Waals surface area contributed by atoms with E-state index in [2.05, 4.69) is 19.2 Å². The van der Waals surface area contributed by atoms with Crippen molar-refractivity contribution in [1.29, 1.82) is 0 Å². The van der Waals surface area contributed by atoms with Crippen molar-refractivity contribution in [3.8, 4) is 0 Å². The quantitative estimate of drug-likeness (QED) is 0.768. The standard InChI is InChI=1S/C14H21F2N/c1-3-5-13(17-8-4-2)10-11-9-12(15)6-7-14(11)16/h6-7,9,13,17H,3-5,8,10H2,1-2H3. The summed E-state index contributed by atoms with van der Waals surface area (Å²) >= 11 is 0. The molecule has 1 aromatic rings. The first kappa shape index (κ1) is 14.1. The molecule has 0 amide bonds. The molecule has 1 N–H and O–H groups in total. The van der Waals surface area contributed by atoms with Crippen LogP contribution < -0.4 is 5.32 Å². The molecule has 0 aliphatic rings. The summed E-state index contributed by atoms with van der Waals surface area (Å²) < 4.78 is 26.5. The molecule has 1 nitrogen and oxygen atoms in total. The van der Waals surface area contributed by atoms with E-state index in [1.54, 1.807) is 0 Å². The molecule has 0 aliphatic heterocycles. The first-order valence-electron chi connectivity index (χ1n) is 6.34. The normalized spacial score (nSPS) is 12.7. The fraction of sp³-hybridized carbons (Fsp3) is 0.571. The number of rotatable bonds is 7. The molecule has 17 heavy (non-hydrogen) atoms. The lowest BCUT2D eigenvalue weighted by atomic mass is 10.0. The fourth-order valence-electron chi connectivity index (χ4n) is 1.94. The molecule has 0 bridgehead atoms. The zero-order valence-corrected chi connectivity index (χ0v) is 10.6. The predicted octanol–water partition coefficient (Wildman–Crippen LogP) is 3.68. The van der Waals surface area contributed by atoms with E-state index in [4.69, 9.17) is 0 Å². The lowest BCUT2D eigenvalue weighted by Gasteiger charge is -2.18. The highest BCUT2D eigenvalue weighted by molar-refractivity contribution is 5.19. The third-order valence-electron chi connectivity index (χ3n) is 2.79. The Labute approximate surface area is 102 Å². The van der Waals surface area contributed by atoms with Gasteiger partial charge in [-0.15, -0.1) is 0 Å². The lowest BCUT2D eigenvalue weighted by molar-refractivity contribution is 0.462. The summed E-state index contributed by atoms with van der Waals surface area (Å²) in [5.41, 5.74) is 0.465. The van der Waals surface area contributed by atoms with Gasteiger partial charge in [0.2, 0.25) is 0 Å². The van der Waals surface area contributed by atoms with Gasteiger partial charge in [0.05, 0.1) is 0 Å². The largest absolute Gasteiger partial charge is 0.314 e.